The fourth-order valence-corrected chi connectivity index (χ4v) is 3.38. The molecule has 2 rings (SSSR count). The van der Waals surface area contributed by atoms with E-state index in [1.54, 1.807) is 0 Å². The van der Waals surface area contributed by atoms with Crippen LogP contribution in [0, 0.1) is 6.92 Å². The second kappa shape index (κ2) is 6.66. The molecule has 1 fully saturated rings. The average molecular weight is 294 g/mol. The lowest BCUT2D eigenvalue weighted by Gasteiger charge is -2.24. The molecule has 1 aromatic rings. The maximum Gasteiger partial charge on any atom is 0.224 e. The van der Waals surface area contributed by atoms with Crippen LogP contribution in [0.15, 0.2) is 6.07 Å². The minimum absolute atomic E-state index is 0.375. The van der Waals surface area contributed by atoms with Crippen LogP contribution in [0.25, 0.3) is 0 Å². The first-order valence-electron chi connectivity index (χ1n) is 7.48. The van der Waals surface area contributed by atoms with Gasteiger partial charge < -0.3 is 10.2 Å². The van der Waals surface area contributed by atoms with E-state index in [0.717, 1.165) is 49.3 Å². The minimum Gasteiger partial charge on any atom is -0.356 e. The molecule has 1 aromatic heterocycles. The number of hydrogen-bond acceptors (Lipinski definition) is 5. The molecule has 4 nitrogen and oxygen atoms in total. The summed E-state index contributed by atoms with van der Waals surface area (Å²) in [6.07, 6.45) is 2.28. The lowest BCUT2D eigenvalue weighted by Crippen LogP contribution is -2.28. The van der Waals surface area contributed by atoms with E-state index in [-0.39, 0.29) is 0 Å². The minimum atomic E-state index is 0.375. The van der Waals surface area contributed by atoms with Gasteiger partial charge in [0.25, 0.3) is 0 Å². The zero-order chi connectivity index (χ0) is 14.6. The highest BCUT2D eigenvalue weighted by Crippen LogP contribution is 2.32. The highest BCUT2D eigenvalue weighted by Gasteiger charge is 2.24. The Balaban J connectivity index is 2.13. The van der Waals surface area contributed by atoms with Crippen LogP contribution >= 0.6 is 11.8 Å². The van der Waals surface area contributed by atoms with Gasteiger partial charge in [0.15, 0.2) is 0 Å². The molecule has 5 heteroatoms. The van der Waals surface area contributed by atoms with Crippen LogP contribution in [-0.4, -0.2) is 40.1 Å². The molecule has 0 atom stereocenters. The number of nitrogens with zero attached hydrogens (tertiary/aromatic N) is 3. The number of nitrogens with one attached hydrogen (secondary N) is 1. The van der Waals surface area contributed by atoms with Gasteiger partial charge in [0, 0.05) is 41.9 Å². The molecule has 0 amide bonds. The van der Waals surface area contributed by atoms with Crippen LogP contribution in [0.1, 0.15) is 39.3 Å². The van der Waals surface area contributed by atoms with Crippen LogP contribution in [0.2, 0.25) is 0 Å². The largest absolute Gasteiger partial charge is 0.356 e. The van der Waals surface area contributed by atoms with Gasteiger partial charge in [0.1, 0.15) is 5.82 Å². The lowest BCUT2D eigenvalue weighted by atomic mass is 10.1. The molecule has 2 heterocycles. The SMILES string of the molecule is CCCNc1nc(C)cc(N2CCSC(C)(C)CC2)n1. The van der Waals surface area contributed by atoms with Gasteiger partial charge >= 0.3 is 0 Å². The lowest BCUT2D eigenvalue weighted by molar-refractivity contribution is 0.634. The Morgan fingerprint density at radius 2 is 2.15 bits per heavy atom. The highest BCUT2D eigenvalue weighted by atomic mass is 32.2. The molecule has 1 N–H and O–H groups in total. The van der Waals surface area contributed by atoms with Gasteiger partial charge in [-0.05, 0) is 19.8 Å². The molecule has 1 saturated heterocycles. The van der Waals surface area contributed by atoms with Gasteiger partial charge in [0.2, 0.25) is 5.95 Å². The van der Waals surface area contributed by atoms with Crippen molar-refractivity contribution in [3.8, 4) is 0 Å². The van der Waals surface area contributed by atoms with Gasteiger partial charge in [-0.15, -0.1) is 0 Å². The van der Waals surface area contributed by atoms with E-state index in [4.69, 9.17) is 0 Å². The third kappa shape index (κ3) is 4.27. The Morgan fingerprint density at radius 3 is 2.90 bits per heavy atom. The first-order valence-corrected chi connectivity index (χ1v) is 8.47. The van der Waals surface area contributed by atoms with Gasteiger partial charge in [-0.3, -0.25) is 0 Å². The Bertz CT molecular complexity index is 447. The molecule has 20 heavy (non-hydrogen) atoms. The van der Waals surface area contributed by atoms with E-state index in [0.29, 0.717) is 4.75 Å². The van der Waals surface area contributed by atoms with Crippen molar-refractivity contribution < 1.29 is 0 Å². The quantitative estimate of drug-likeness (QED) is 0.922. The van der Waals surface area contributed by atoms with E-state index >= 15 is 0 Å². The summed E-state index contributed by atoms with van der Waals surface area (Å²) < 4.78 is 0.375. The van der Waals surface area contributed by atoms with Gasteiger partial charge in [0.05, 0.1) is 0 Å². The second-order valence-electron chi connectivity index (χ2n) is 5.96. The molecule has 1 aliphatic heterocycles. The van der Waals surface area contributed by atoms with Gasteiger partial charge in [-0.1, -0.05) is 20.8 Å². The summed E-state index contributed by atoms with van der Waals surface area (Å²) in [6, 6.07) is 2.10. The zero-order valence-corrected chi connectivity index (χ0v) is 13.9. The summed E-state index contributed by atoms with van der Waals surface area (Å²) in [5, 5.41) is 3.29. The van der Waals surface area contributed by atoms with Crippen molar-refractivity contribution in [2.75, 3.05) is 35.6 Å². The van der Waals surface area contributed by atoms with Crippen molar-refractivity contribution in [3.63, 3.8) is 0 Å². The number of aryl methyl sites for hydroxylation is 1. The summed E-state index contributed by atoms with van der Waals surface area (Å²) in [7, 11) is 0. The van der Waals surface area contributed by atoms with E-state index in [1.165, 1.54) is 6.42 Å². The van der Waals surface area contributed by atoms with Crippen molar-refractivity contribution in [1.29, 1.82) is 0 Å². The van der Waals surface area contributed by atoms with Crippen LogP contribution in [-0.2, 0) is 0 Å². The number of aromatic nitrogens is 2. The summed E-state index contributed by atoms with van der Waals surface area (Å²) in [5.41, 5.74) is 1.03. The summed E-state index contributed by atoms with van der Waals surface area (Å²) in [4.78, 5) is 11.5. The number of thioether (sulfide) groups is 1. The standard InChI is InChI=1S/C15H26N4S/c1-5-7-16-14-17-12(2)11-13(18-14)19-8-6-15(3,4)20-10-9-19/h11H,5-10H2,1-4H3,(H,16,17,18). The molecule has 0 spiro atoms. The Kier molecular flexibility index (Phi) is 5.13. The first-order chi connectivity index (χ1) is 9.50. The first kappa shape index (κ1) is 15.4. The van der Waals surface area contributed by atoms with E-state index < -0.39 is 0 Å². The van der Waals surface area contributed by atoms with Crippen molar-refractivity contribution in [2.24, 2.45) is 0 Å². The molecule has 0 aromatic carbocycles. The number of rotatable bonds is 4. The molecule has 0 saturated carbocycles. The monoisotopic (exact) mass is 294 g/mol. The fraction of sp³-hybridized carbons (Fsp3) is 0.733. The highest BCUT2D eigenvalue weighted by molar-refractivity contribution is 8.00. The van der Waals surface area contributed by atoms with Crippen molar-refractivity contribution in [1.82, 2.24) is 9.97 Å². The third-order valence-corrected chi connectivity index (χ3v) is 4.91. The van der Waals surface area contributed by atoms with Crippen molar-refractivity contribution in [3.05, 3.63) is 11.8 Å². The predicted octanol–water partition coefficient (Wildman–Crippen LogP) is 3.33. The molecule has 112 valence electrons. The Hall–Kier alpha value is -0.970. The second-order valence-corrected chi connectivity index (χ2v) is 7.77. The summed E-state index contributed by atoms with van der Waals surface area (Å²) in [5.74, 6) is 2.99. The molecule has 0 bridgehead atoms. The molecular weight excluding hydrogens is 268 g/mol. The molecule has 0 aliphatic carbocycles. The number of anilines is 2. The van der Waals surface area contributed by atoms with Crippen molar-refractivity contribution >= 4 is 23.5 Å². The van der Waals surface area contributed by atoms with Crippen molar-refractivity contribution in [2.45, 2.75) is 45.3 Å². The fourth-order valence-electron chi connectivity index (χ4n) is 2.28. The van der Waals surface area contributed by atoms with E-state index in [1.807, 2.05) is 6.92 Å². The maximum absolute atomic E-state index is 4.68. The Morgan fingerprint density at radius 1 is 1.35 bits per heavy atom. The zero-order valence-electron chi connectivity index (χ0n) is 13.1. The van der Waals surface area contributed by atoms with Crippen LogP contribution < -0.4 is 10.2 Å². The number of hydrogen-bond donors (Lipinski definition) is 1. The van der Waals surface area contributed by atoms with Crippen LogP contribution in [0.4, 0.5) is 11.8 Å². The van der Waals surface area contributed by atoms with Gasteiger partial charge in [-0.25, -0.2) is 4.98 Å². The maximum atomic E-state index is 4.68. The smallest absolute Gasteiger partial charge is 0.224 e. The molecular formula is C15H26N4S. The molecule has 0 radical (unpaired) electrons. The topological polar surface area (TPSA) is 41.1 Å². The molecule has 1 aliphatic rings. The van der Waals surface area contributed by atoms with E-state index in [2.05, 4.69) is 58.8 Å². The van der Waals surface area contributed by atoms with Crippen LogP contribution in [0.3, 0.4) is 0 Å². The average Bonchev–Trinajstić information content (AvgIpc) is 2.57. The normalized spacial score (nSPS) is 18.7. The third-order valence-electron chi connectivity index (χ3n) is 3.54. The Labute approximate surface area is 126 Å². The van der Waals surface area contributed by atoms with E-state index in [9.17, 15) is 0 Å². The van der Waals surface area contributed by atoms with Gasteiger partial charge in [-0.2, -0.15) is 16.7 Å². The van der Waals surface area contributed by atoms with Crippen LogP contribution in [0.5, 0.6) is 0 Å². The molecule has 0 unspecified atom stereocenters. The summed E-state index contributed by atoms with van der Waals surface area (Å²) in [6.45, 7) is 11.9. The summed E-state index contributed by atoms with van der Waals surface area (Å²) >= 11 is 2.06. The predicted molar refractivity (Wildman–Crippen MR) is 88.9 cm³/mol.